The van der Waals surface area contributed by atoms with Crippen molar-refractivity contribution in [1.82, 2.24) is 5.32 Å². The van der Waals surface area contributed by atoms with Crippen molar-refractivity contribution in [1.29, 1.82) is 0 Å². The summed E-state index contributed by atoms with van der Waals surface area (Å²) in [7, 11) is 0. The molecule has 2 aliphatic rings. The molecule has 4 nitrogen and oxygen atoms in total. The Morgan fingerprint density at radius 1 is 1.39 bits per heavy atom. The number of nitrogens with two attached hydrogens (primary N) is 1. The Morgan fingerprint density at radius 3 is 2.72 bits per heavy atom. The third kappa shape index (κ3) is 3.19. The molecule has 2 unspecified atom stereocenters. The normalized spacial score (nSPS) is 33.7. The third-order valence-electron chi connectivity index (χ3n) is 4.01. The minimum Gasteiger partial charge on any atom is -0.381 e. The van der Waals surface area contributed by atoms with E-state index < -0.39 is 5.54 Å². The minimum absolute atomic E-state index is 0.181. The van der Waals surface area contributed by atoms with Gasteiger partial charge in [-0.15, -0.1) is 0 Å². The number of nitrogens with one attached hydrogen (secondary N) is 1. The van der Waals surface area contributed by atoms with Crippen molar-refractivity contribution < 1.29 is 9.53 Å². The fourth-order valence-corrected chi connectivity index (χ4v) is 4.65. The summed E-state index contributed by atoms with van der Waals surface area (Å²) in [4.78, 5) is 11.7. The van der Waals surface area contributed by atoms with Crippen LogP contribution in [0.5, 0.6) is 0 Å². The van der Waals surface area contributed by atoms with Gasteiger partial charge >= 0.3 is 0 Å². The predicted molar refractivity (Wildman–Crippen MR) is 74.7 cm³/mol. The third-order valence-corrected chi connectivity index (χ3v) is 5.65. The molecular formula is C13H24N2O2S. The van der Waals surface area contributed by atoms with Crippen molar-refractivity contribution >= 4 is 17.7 Å². The Bertz CT molecular complexity index is 295. The van der Waals surface area contributed by atoms with Gasteiger partial charge in [0.25, 0.3) is 0 Å². The summed E-state index contributed by atoms with van der Waals surface area (Å²) in [5.41, 5.74) is 5.14. The van der Waals surface area contributed by atoms with Crippen molar-refractivity contribution in [3.05, 3.63) is 0 Å². The monoisotopic (exact) mass is 272 g/mol. The first-order valence-corrected chi connectivity index (χ1v) is 7.89. The van der Waals surface area contributed by atoms with Gasteiger partial charge in [-0.1, -0.05) is 6.92 Å². The maximum atomic E-state index is 11.7. The molecule has 1 heterocycles. The molecule has 2 atom stereocenters. The van der Waals surface area contributed by atoms with E-state index in [1.54, 1.807) is 0 Å². The standard InChI is InChI=1S/C13H24N2O2S/c1-2-15-13(12(14)16)6-3-11(9-13)18-10-4-7-17-8-5-10/h10-11,15H,2-9H2,1H3,(H2,14,16). The maximum absolute atomic E-state index is 11.7. The van der Waals surface area contributed by atoms with E-state index >= 15 is 0 Å². The molecular weight excluding hydrogens is 248 g/mol. The molecule has 1 aliphatic heterocycles. The molecule has 0 radical (unpaired) electrons. The van der Waals surface area contributed by atoms with Gasteiger partial charge < -0.3 is 15.8 Å². The van der Waals surface area contributed by atoms with Crippen LogP contribution in [0.4, 0.5) is 0 Å². The van der Waals surface area contributed by atoms with Gasteiger partial charge in [0.1, 0.15) is 0 Å². The Labute approximate surface area is 113 Å². The van der Waals surface area contributed by atoms with Gasteiger partial charge in [-0.3, -0.25) is 4.79 Å². The maximum Gasteiger partial charge on any atom is 0.237 e. The smallest absolute Gasteiger partial charge is 0.237 e. The number of amides is 1. The molecule has 0 aromatic carbocycles. The first-order valence-electron chi connectivity index (χ1n) is 6.94. The number of carbonyl (C=O) groups excluding carboxylic acids is 1. The lowest BCUT2D eigenvalue weighted by Gasteiger charge is -2.28. The summed E-state index contributed by atoms with van der Waals surface area (Å²) >= 11 is 2.05. The number of carbonyl (C=O) groups is 1. The number of hydrogen-bond donors (Lipinski definition) is 2. The molecule has 0 aromatic heterocycles. The summed E-state index contributed by atoms with van der Waals surface area (Å²) in [5.74, 6) is -0.181. The Hall–Kier alpha value is -0.260. The second kappa shape index (κ2) is 6.26. The fraction of sp³-hybridized carbons (Fsp3) is 0.923. The van der Waals surface area contributed by atoms with Crippen molar-refractivity contribution in [2.45, 2.75) is 55.1 Å². The Kier molecular flexibility index (Phi) is 4.92. The second-order valence-corrected chi connectivity index (χ2v) is 6.89. The second-order valence-electron chi connectivity index (χ2n) is 5.29. The summed E-state index contributed by atoms with van der Waals surface area (Å²) in [6.07, 6.45) is 5.16. The molecule has 3 N–H and O–H groups in total. The Morgan fingerprint density at radius 2 is 2.11 bits per heavy atom. The van der Waals surface area contributed by atoms with E-state index in [1.165, 1.54) is 0 Å². The molecule has 1 saturated heterocycles. The average molecular weight is 272 g/mol. The van der Waals surface area contributed by atoms with Gasteiger partial charge in [0, 0.05) is 23.7 Å². The number of rotatable bonds is 5. The lowest BCUT2D eigenvalue weighted by molar-refractivity contribution is -0.124. The fourth-order valence-electron chi connectivity index (χ4n) is 3.01. The van der Waals surface area contributed by atoms with Gasteiger partial charge in [-0.2, -0.15) is 11.8 Å². The molecule has 104 valence electrons. The molecule has 0 spiro atoms. The number of hydrogen-bond acceptors (Lipinski definition) is 4. The highest BCUT2D eigenvalue weighted by Gasteiger charge is 2.44. The van der Waals surface area contributed by atoms with Gasteiger partial charge in [0.2, 0.25) is 5.91 Å². The number of ether oxygens (including phenoxy) is 1. The number of thioether (sulfide) groups is 1. The molecule has 2 fully saturated rings. The zero-order valence-corrected chi connectivity index (χ0v) is 11.9. The van der Waals surface area contributed by atoms with E-state index in [1.807, 2.05) is 18.7 Å². The first kappa shape index (κ1) is 14.2. The lowest BCUT2D eigenvalue weighted by Crippen LogP contribution is -2.53. The highest BCUT2D eigenvalue weighted by Crippen LogP contribution is 2.40. The van der Waals surface area contributed by atoms with E-state index in [0.29, 0.717) is 10.5 Å². The largest absolute Gasteiger partial charge is 0.381 e. The molecule has 2 rings (SSSR count). The quantitative estimate of drug-likeness (QED) is 0.791. The zero-order chi connectivity index (χ0) is 13.0. The van der Waals surface area contributed by atoms with Gasteiger partial charge in [0.15, 0.2) is 0 Å². The molecule has 1 aliphatic carbocycles. The lowest BCUT2D eigenvalue weighted by atomic mass is 9.97. The van der Waals surface area contributed by atoms with Gasteiger partial charge in [-0.25, -0.2) is 0 Å². The van der Waals surface area contributed by atoms with Crippen LogP contribution in [0.15, 0.2) is 0 Å². The van der Waals surface area contributed by atoms with Crippen LogP contribution in [0.3, 0.4) is 0 Å². The molecule has 5 heteroatoms. The summed E-state index contributed by atoms with van der Waals surface area (Å²) < 4.78 is 5.38. The van der Waals surface area contributed by atoms with Crippen LogP contribution in [-0.4, -0.2) is 41.7 Å². The van der Waals surface area contributed by atoms with E-state index in [0.717, 1.165) is 51.9 Å². The van der Waals surface area contributed by atoms with E-state index in [4.69, 9.17) is 10.5 Å². The summed E-state index contributed by atoms with van der Waals surface area (Å²) in [5, 5.41) is 4.58. The molecule has 0 aromatic rings. The highest BCUT2D eigenvalue weighted by molar-refractivity contribution is 8.00. The topological polar surface area (TPSA) is 64.3 Å². The zero-order valence-electron chi connectivity index (χ0n) is 11.1. The van der Waals surface area contributed by atoms with Crippen molar-refractivity contribution in [2.75, 3.05) is 19.8 Å². The molecule has 1 amide bonds. The van der Waals surface area contributed by atoms with Crippen LogP contribution >= 0.6 is 11.8 Å². The number of likely N-dealkylation sites (N-methyl/N-ethyl adjacent to an activating group) is 1. The SMILES string of the molecule is CCNC1(C(N)=O)CCC(SC2CCOCC2)C1. The predicted octanol–water partition coefficient (Wildman–Crippen LogP) is 1.28. The van der Waals surface area contributed by atoms with Gasteiger partial charge in [-0.05, 0) is 38.6 Å². The number of primary amides is 1. The summed E-state index contributed by atoms with van der Waals surface area (Å²) in [6, 6.07) is 0. The van der Waals surface area contributed by atoms with Crippen molar-refractivity contribution in [2.24, 2.45) is 5.73 Å². The van der Waals surface area contributed by atoms with Crippen molar-refractivity contribution in [3.63, 3.8) is 0 Å². The van der Waals surface area contributed by atoms with E-state index in [2.05, 4.69) is 5.32 Å². The van der Waals surface area contributed by atoms with Crippen LogP contribution in [0.25, 0.3) is 0 Å². The van der Waals surface area contributed by atoms with Crippen LogP contribution in [0, 0.1) is 0 Å². The first-order chi connectivity index (χ1) is 8.66. The molecule has 0 bridgehead atoms. The van der Waals surface area contributed by atoms with Gasteiger partial charge in [0.05, 0.1) is 5.54 Å². The Balaban J connectivity index is 1.87. The van der Waals surface area contributed by atoms with E-state index in [9.17, 15) is 4.79 Å². The van der Waals surface area contributed by atoms with Crippen molar-refractivity contribution in [3.8, 4) is 0 Å². The molecule has 18 heavy (non-hydrogen) atoms. The molecule has 1 saturated carbocycles. The van der Waals surface area contributed by atoms with Crippen LogP contribution in [-0.2, 0) is 9.53 Å². The van der Waals surface area contributed by atoms with Crippen LogP contribution in [0.2, 0.25) is 0 Å². The van der Waals surface area contributed by atoms with Crippen LogP contribution < -0.4 is 11.1 Å². The summed E-state index contributed by atoms with van der Waals surface area (Å²) in [6.45, 7) is 4.61. The average Bonchev–Trinajstić information content (AvgIpc) is 2.76. The highest BCUT2D eigenvalue weighted by atomic mass is 32.2. The minimum atomic E-state index is -0.447. The van der Waals surface area contributed by atoms with Crippen LogP contribution in [0.1, 0.15) is 39.0 Å². The van der Waals surface area contributed by atoms with E-state index in [-0.39, 0.29) is 5.91 Å².